The van der Waals surface area contributed by atoms with Crippen LogP contribution in [0.1, 0.15) is 21.5 Å². The highest BCUT2D eigenvalue weighted by Gasteiger charge is 2.15. The molecule has 0 aliphatic carbocycles. The molecule has 8 rings (SSSR count). The number of hydrogen-bond donors (Lipinski definition) is 2. The van der Waals surface area contributed by atoms with E-state index in [1.165, 1.54) is 6.20 Å². The van der Waals surface area contributed by atoms with Crippen molar-refractivity contribution in [1.29, 1.82) is 0 Å². The van der Waals surface area contributed by atoms with Gasteiger partial charge in [-0.2, -0.15) is 0 Å². The van der Waals surface area contributed by atoms with E-state index in [2.05, 4.69) is 40.9 Å². The number of carbonyl (C=O) groups is 1. The van der Waals surface area contributed by atoms with Gasteiger partial charge in [0.2, 0.25) is 5.88 Å². The van der Waals surface area contributed by atoms with Gasteiger partial charge >= 0.3 is 0 Å². The van der Waals surface area contributed by atoms with Crippen molar-refractivity contribution in [3.05, 3.63) is 143 Å². The molecule has 0 saturated heterocycles. The molecule has 0 spiro atoms. The second-order valence-electron chi connectivity index (χ2n) is 10.7. The number of benzene rings is 3. The van der Waals surface area contributed by atoms with Crippen molar-refractivity contribution in [3.8, 4) is 11.6 Å². The van der Waals surface area contributed by atoms with E-state index in [1.54, 1.807) is 91.5 Å². The summed E-state index contributed by atoms with van der Waals surface area (Å²) in [5.41, 5.74) is 5.98. The van der Waals surface area contributed by atoms with E-state index < -0.39 is 0 Å². The number of carbonyl (C=O) groups excluding carboxylic acids is 1. The van der Waals surface area contributed by atoms with Gasteiger partial charge in [0, 0.05) is 47.3 Å². The number of ether oxygens (including phenoxy) is 1. The standard InChI is InChI=1S/C20H14ClN3O2.C16H10ClN5O2/c1-12-4-2-5-13(10-12)19(25)15-8-7-14(11-16(15)21)23-20-18-17(26-24-20)6-3-9-22-18;17-11-8-10(3-4-12(11)23-14-9-18-6-7-19-14)21-16-15-13(24-22-16)2-1-5-20-15/h2-11H,1H3,(H,23,24);1-9H,(H,21,22). The second-order valence-corrected chi connectivity index (χ2v) is 11.5. The lowest BCUT2D eigenvalue weighted by atomic mass is 10.0. The van der Waals surface area contributed by atoms with Crippen LogP contribution in [0.25, 0.3) is 22.2 Å². The van der Waals surface area contributed by atoms with Gasteiger partial charge in [-0.25, -0.2) is 15.0 Å². The van der Waals surface area contributed by atoms with Gasteiger partial charge in [-0.3, -0.25) is 9.78 Å². The topological polar surface area (TPSA) is 154 Å². The molecule has 8 aromatic rings. The number of halogens is 2. The highest BCUT2D eigenvalue weighted by Crippen LogP contribution is 2.33. The monoisotopic (exact) mass is 702 g/mol. The Balaban J connectivity index is 0.000000157. The number of nitrogens with one attached hydrogen (secondary N) is 2. The molecule has 5 heterocycles. The summed E-state index contributed by atoms with van der Waals surface area (Å²) in [6.45, 7) is 1.95. The molecule has 14 heteroatoms. The Kier molecular flexibility index (Phi) is 9.27. The average molecular weight is 704 g/mol. The van der Waals surface area contributed by atoms with Gasteiger partial charge in [-0.15, -0.1) is 0 Å². The minimum Gasteiger partial charge on any atom is -0.436 e. The first kappa shape index (κ1) is 32.2. The first-order valence-corrected chi connectivity index (χ1v) is 15.8. The molecule has 0 atom stereocenters. The molecule has 12 nitrogen and oxygen atoms in total. The van der Waals surface area contributed by atoms with Crippen molar-refractivity contribution < 1.29 is 18.6 Å². The van der Waals surface area contributed by atoms with Crippen LogP contribution in [0.15, 0.2) is 125 Å². The number of anilines is 4. The highest BCUT2D eigenvalue weighted by molar-refractivity contribution is 6.35. The van der Waals surface area contributed by atoms with E-state index in [4.69, 9.17) is 37.0 Å². The summed E-state index contributed by atoms with van der Waals surface area (Å²) < 4.78 is 16.0. The van der Waals surface area contributed by atoms with Crippen molar-refractivity contribution in [2.24, 2.45) is 0 Å². The Morgan fingerprint density at radius 2 is 1.36 bits per heavy atom. The van der Waals surface area contributed by atoms with Crippen LogP contribution in [0.2, 0.25) is 10.0 Å². The van der Waals surface area contributed by atoms with Crippen molar-refractivity contribution in [2.75, 3.05) is 10.6 Å². The molecule has 0 aliphatic rings. The lowest BCUT2D eigenvalue weighted by Crippen LogP contribution is -2.03. The second kappa shape index (κ2) is 14.4. The largest absolute Gasteiger partial charge is 0.436 e. The lowest BCUT2D eigenvalue weighted by Gasteiger charge is -2.08. The van der Waals surface area contributed by atoms with Gasteiger partial charge in [-0.05, 0) is 73.7 Å². The van der Waals surface area contributed by atoms with E-state index in [-0.39, 0.29) is 5.78 Å². The van der Waals surface area contributed by atoms with Crippen LogP contribution in [-0.4, -0.2) is 36.0 Å². The fourth-order valence-corrected chi connectivity index (χ4v) is 5.31. The molecule has 0 amide bonds. The van der Waals surface area contributed by atoms with E-state index in [0.29, 0.717) is 72.3 Å². The maximum atomic E-state index is 12.7. The quantitative estimate of drug-likeness (QED) is 0.145. The fourth-order valence-electron chi connectivity index (χ4n) is 4.83. The number of aromatic nitrogens is 6. The van der Waals surface area contributed by atoms with E-state index in [1.807, 2.05) is 25.1 Å². The SMILES string of the molecule is Cc1cccc(C(=O)c2ccc(Nc3noc4cccnc34)cc2Cl)c1.Clc1cc(Nc2noc3cccnc23)ccc1Oc1cnccn1. The molecule has 0 aliphatic heterocycles. The smallest absolute Gasteiger partial charge is 0.237 e. The van der Waals surface area contributed by atoms with Gasteiger partial charge in [-0.1, -0.05) is 57.3 Å². The summed E-state index contributed by atoms with van der Waals surface area (Å²) in [7, 11) is 0. The maximum absolute atomic E-state index is 12.7. The molecule has 0 radical (unpaired) electrons. The third-order valence-electron chi connectivity index (χ3n) is 7.17. The number of fused-ring (bicyclic) bond motifs is 2. The van der Waals surface area contributed by atoms with Crippen LogP contribution in [0.3, 0.4) is 0 Å². The predicted octanol–water partition coefficient (Wildman–Crippen LogP) is 9.36. The van der Waals surface area contributed by atoms with Crippen molar-refractivity contribution in [3.63, 3.8) is 0 Å². The molecule has 50 heavy (non-hydrogen) atoms. The zero-order chi connectivity index (χ0) is 34.5. The van der Waals surface area contributed by atoms with Gasteiger partial charge < -0.3 is 24.4 Å². The van der Waals surface area contributed by atoms with Gasteiger partial charge in [0.25, 0.3) is 0 Å². The number of pyridine rings is 2. The number of aryl methyl sites for hydroxylation is 1. The Morgan fingerprint density at radius 3 is 1.96 bits per heavy atom. The van der Waals surface area contributed by atoms with Crippen LogP contribution < -0.4 is 15.4 Å². The van der Waals surface area contributed by atoms with Gasteiger partial charge in [0.05, 0.1) is 16.2 Å². The molecule has 0 unspecified atom stereocenters. The van der Waals surface area contributed by atoms with Crippen LogP contribution in [0, 0.1) is 6.92 Å². The van der Waals surface area contributed by atoms with E-state index in [0.717, 1.165) is 11.3 Å². The third kappa shape index (κ3) is 7.21. The van der Waals surface area contributed by atoms with Crippen LogP contribution >= 0.6 is 23.2 Å². The summed E-state index contributed by atoms with van der Waals surface area (Å²) in [5, 5.41) is 15.0. The molecule has 3 aromatic carbocycles. The van der Waals surface area contributed by atoms with E-state index in [9.17, 15) is 4.79 Å². The Morgan fingerprint density at radius 1 is 0.700 bits per heavy atom. The molecular weight excluding hydrogens is 679 g/mol. The summed E-state index contributed by atoms with van der Waals surface area (Å²) >= 11 is 12.6. The molecule has 5 aromatic heterocycles. The summed E-state index contributed by atoms with van der Waals surface area (Å²) in [6.07, 6.45) is 7.96. The normalized spacial score (nSPS) is 10.8. The Labute approximate surface area is 294 Å². The molecule has 246 valence electrons. The third-order valence-corrected chi connectivity index (χ3v) is 7.77. The molecular formula is C36H24Cl2N8O4. The predicted molar refractivity (Wildman–Crippen MR) is 190 cm³/mol. The average Bonchev–Trinajstić information content (AvgIpc) is 3.74. The maximum Gasteiger partial charge on any atom is 0.237 e. The van der Waals surface area contributed by atoms with Crippen LogP contribution in [-0.2, 0) is 0 Å². The summed E-state index contributed by atoms with van der Waals surface area (Å²) in [5.74, 6) is 1.75. The molecule has 0 saturated carbocycles. The minimum atomic E-state index is -0.112. The number of ketones is 1. The van der Waals surface area contributed by atoms with Crippen molar-refractivity contribution in [1.82, 2.24) is 30.2 Å². The van der Waals surface area contributed by atoms with E-state index >= 15 is 0 Å². The molecule has 0 fully saturated rings. The van der Waals surface area contributed by atoms with Crippen LogP contribution in [0.4, 0.5) is 23.0 Å². The summed E-state index contributed by atoms with van der Waals surface area (Å²) in [6, 6.07) is 25.0. The number of rotatable bonds is 8. The zero-order valence-electron chi connectivity index (χ0n) is 26.0. The number of hydrogen-bond acceptors (Lipinski definition) is 12. The number of nitrogens with zero attached hydrogens (tertiary/aromatic N) is 6. The summed E-state index contributed by atoms with van der Waals surface area (Å²) in [4.78, 5) is 29.2. The van der Waals surface area contributed by atoms with Gasteiger partial charge in [0.15, 0.2) is 39.6 Å². The molecule has 2 N–H and O–H groups in total. The van der Waals surface area contributed by atoms with Crippen LogP contribution in [0.5, 0.6) is 11.6 Å². The Hall–Kier alpha value is -6.37. The fraction of sp³-hybridized carbons (Fsp3) is 0.0278. The first-order valence-electron chi connectivity index (χ1n) is 15.0. The molecule has 0 bridgehead atoms. The van der Waals surface area contributed by atoms with Crippen molar-refractivity contribution >= 4 is 74.2 Å². The minimum absolute atomic E-state index is 0.112. The highest BCUT2D eigenvalue weighted by atomic mass is 35.5. The van der Waals surface area contributed by atoms with Gasteiger partial charge in [0.1, 0.15) is 5.75 Å². The van der Waals surface area contributed by atoms with Crippen molar-refractivity contribution in [2.45, 2.75) is 6.92 Å². The zero-order valence-corrected chi connectivity index (χ0v) is 27.6. The lowest BCUT2D eigenvalue weighted by molar-refractivity contribution is 0.103. The first-order chi connectivity index (χ1) is 24.4. The Bertz CT molecular complexity index is 2450.